The van der Waals surface area contributed by atoms with Gasteiger partial charge in [-0.25, -0.2) is 0 Å². The molecule has 1 heterocycles. The molecule has 0 aromatic carbocycles. The standard InChI is InChI=1S/C14H23NO2S/c1-9(2)11(14(16)17-6)12(15(4)5)13-10(3)7-8-18-13/h7-9,11-12H,1-6H3. The summed E-state index contributed by atoms with van der Waals surface area (Å²) < 4.78 is 4.98. The van der Waals surface area contributed by atoms with Gasteiger partial charge in [-0.1, -0.05) is 13.8 Å². The normalized spacial score (nSPS) is 14.9. The predicted molar refractivity (Wildman–Crippen MR) is 75.8 cm³/mol. The molecule has 0 N–H and O–H groups in total. The summed E-state index contributed by atoms with van der Waals surface area (Å²) in [6.07, 6.45) is 0. The second-order valence-corrected chi connectivity index (χ2v) is 6.12. The number of aryl methyl sites for hydroxylation is 1. The van der Waals surface area contributed by atoms with Gasteiger partial charge < -0.3 is 9.64 Å². The van der Waals surface area contributed by atoms with Gasteiger partial charge in [-0.05, 0) is 43.9 Å². The zero-order chi connectivity index (χ0) is 13.9. The second-order valence-electron chi connectivity index (χ2n) is 5.17. The van der Waals surface area contributed by atoms with E-state index in [-0.39, 0.29) is 23.8 Å². The lowest BCUT2D eigenvalue weighted by atomic mass is 9.86. The van der Waals surface area contributed by atoms with Crippen LogP contribution in [0.2, 0.25) is 0 Å². The van der Waals surface area contributed by atoms with Crippen LogP contribution < -0.4 is 0 Å². The van der Waals surface area contributed by atoms with Crippen molar-refractivity contribution in [1.82, 2.24) is 4.90 Å². The number of carbonyl (C=O) groups excluding carboxylic acids is 1. The SMILES string of the molecule is COC(=O)C(C(C)C)C(c1sccc1C)N(C)C. The largest absolute Gasteiger partial charge is 0.469 e. The fourth-order valence-electron chi connectivity index (χ4n) is 2.31. The Labute approximate surface area is 114 Å². The summed E-state index contributed by atoms with van der Waals surface area (Å²) in [7, 11) is 5.50. The molecular weight excluding hydrogens is 246 g/mol. The molecule has 3 nitrogen and oxygen atoms in total. The number of esters is 1. The van der Waals surface area contributed by atoms with E-state index in [0.29, 0.717) is 0 Å². The number of hydrogen-bond donors (Lipinski definition) is 0. The topological polar surface area (TPSA) is 29.5 Å². The molecule has 2 atom stereocenters. The molecule has 0 saturated heterocycles. The van der Waals surface area contributed by atoms with E-state index in [1.807, 2.05) is 14.1 Å². The van der Waals surface area contributed by atoms with Gasteiger partial charge in [-0.2, -0.15) is 0 Å². The lowest BCUT2D eigenvalue weighted by Crippen LogP contribution is -2.36. The molecule has 0 bridgehead atoms. The first-order valence-electron chi connectivity index (χ1n) is 6.18. The summed E-state index contributed by atoms with van der Waals surface area (Å²) in [6, 6.07) is 2.18. The number of methoxy groups -OCH3 is 1. The maximum Gasteiger partial charge on any atom is 0.310 e. The van der Waals surface area contributed by atoms with E-state index >= 15 is 0 Å². The lowest BCUT2D eigenvalue weighted by Gasteiger charge is -2.33. The highest BCUT2D eigenvalue weighted by molar-refractivity contribution is 7.10. The minimum absolute atomic E-state index is 0.0810. The van der Waals surface area contributed by atoms with E-state index in [4.69, 9.17) is 4.74 Å². The average molecular weight is 269 g/mol. The number of rotatable bonds is 5. The van der Waals surface area contributed by atoms with Crippen LogP contribution in [0.1, 0.15) is 30.3 Å². The number of nitrogens with zero attached hydrogens (tertiary/aromatic N) is 1. The maximum absolute atomic E-state index is 12.1. The summed E-state index contributed by atoms with van der Waals surface area (Å²) in [6.45, 7) is 6.24. The van der Waals surface area contributed by atoms with Gasteiger partial charge in [0.2, 0.25) is 0 Å². The molecule has 0 spiro atoms. The smallest absolute Gasteiger partial charge is 0.310 e. The van der Waals surface area contributed by atoms with Crippen molar-refractivity contribution in [2.45, 2.75) is 26.8 Å². The van der Waals surface area contributed by atoms with E-state index in [1.54, 1.807) is 11.3 Å². The molecule has 18 heavy (non-hydrogen) atoms. The first kappa shape index (κ1) is 15.2. The van der Waals surface area contributed by atoms with Crippen molar-refractivity contribution in [1.29, 1.82) is 0 Å². The molecular formula is C14H23NO2S. The van der Waals surface area contributed by atoms with Crippen LogP contribution in [-0.2, 0) is 9.53 Å². The van der Waals surface area contributed by atoms with Gasteiger partial charge in [0.05, 0.1) is 19.1 Å². The Morgan fingerprint density at radius 2 is 2.00 bits per heavy atom. The maximum atomic E-state index is 12.1. The molecule has 102 valence electrons. The van der Waals surface area contributed by atoms with Crippen LogP contribution in [0.25, 0.3) is 0 Å². The van der Waals surface area contributed by atoms with E-state index < -0.39 is 0 Å². The average Bonchev–Trinajstić information content (AvgIpc) is 2.70. The summed E-state index contributed by atoms with van der Waals surface area (Å²) in [5.74, 6) is -0.0230. The Morgan fingerprint density at radius 3 is 2.33 bits per heavy atom. The summed E-state index contributed by atoms with van der Waals surface area (Å²) >= 11 is 1.71. The summed E-state index contributed by atoms with van der Waals surface area (Å²) in [4.78, 5) is 15.4. The highest BCUT2D eigenvalue weighted by Crippen LogP contribution is 2.37. The Hall–Kier alpha value is -0.870. The minimum Gasteiger partial charge on any atom is -0.469 e. The van der Waals surface area contributed by atoms with E-state index in [9.17, 15) is 4.79 Å². The van der Waals surface area contributed by atoms with E-state index in [0.717, 1.165) is 0 Å². The summed E-state index contributed by atoms with van der Waals surface area (Å²) in [5, 5.41) is 2.08. The van der Waals surface area contributed by atoms with Crippen LogP contribution in [0.15, 0.2) is 11.4 Å². The van der Waals surface area contributed by atoms with Crippen molar-refractivity contribution < 1.29 is 9.53 Å². The Morgan fingerprint density at radius 1 is 1.39 bits per heavy atom. The van der Waals surface area contributed by atoms with E-state index in [2.05, 4.69) is 37.1 Å². The molecule has 1 aromatic heterocycles. The highest BCUT2D eigenvalue weighted by Gasteiger charge is 2.35. The van der Waals surface area contributed by atoms with Gasteiger partial charge in [0.1, 0.15) is 0 Å². The van der Waals surface area contributed by atoms with Crippen molar-refractivity contribution in [2.24, 2.45) is 11.8 Å². The zero-order valence-electron chi connectivity index (χ0n) is 12.1. The Kier molecular flexibility index (Phi) is 5.35. The van der Waals surface area contributed by atoms with E-state index in [1.165, 1.54) is 17.6 Å². The predicted octanol–water partition coefficient (Wildman–Crippen LogP) is 3.10. The van der Waals surface area contributed by atoms with Crippen molar-refractivity contribution >= 4 is 17.3 Å². The molecule has 0 amide bonds. The quantitative estimate of drug-likeness (QED) is 0.769. The van der Waals surface area contributed by atoms with Gasteiger partial charge in [-0.3, -0.25) is 4.79 Å². The van der Waals surface area contributed by atoms with Gasteiger partial charge in [-0.15, -0.1) is 11.3 Å². The van der Waals surface area contributed by atoms with Crippen molar-refractivity contribution in [2.75, 3.05) is 21.2 Å². The van der Waals surface area contributed by atoms with Crippen molar-refractivity contribution in [3.05, 3.63) is 21.9 Å². The molecule has 0 aliphatic heterocycles. The van der Waals surface area contributed by atoms with Gasteiger partial charge in [0.25, 0.3) is 0 Å². The van der Waals surface area contributed by atoms with Crippen LogP contribution in [0.4, 0.5) is 0 Å². The molecule has 1 rings (SSSR count). The third-order valence-corrected chi connectivity index (χ3v) is 4.35. The van der Waals surface area contributed by atoms with Gasteiger partial charge in [0, 0.05) is 4.88 Å². The fourth-order valence-corrected chi connectivity index (χ4v) is 3.48. The molecule has 0 saturated carbocycles. The van der Waals surface area contributed by atoms with Crippen LogP contribution in [0, 0.1) is 18.8 Å². The second kappa shape index (κ2) is 6.34. The number of thiophene rings is 1. The van der Waals surface area contributed by atoms with Crippen LogP contribution in [0.3, 0.4) is 0 Å². The lowest BCUT2D eigenvalue weighted by molar-refractivity contribution is -0.149. The van der Waals surface area contributed by atoms with Gasteiger partial charge >= 0.3 is 5.97 Å². The third-order valence-electron chi connectivity index (χ3n) is 3.26. The monoisotopic (exact) mass is 269 g/mol. The number of carbonyl (C=O) groups is 1. The third kappa shape index (κ3) is 3.12. The Bertz CT molecular complexity index is 398. The molecule has 0 aliphatic rings. The molecule has 1 aromatic rings. The Balaban J connectivity index is 3.18. The fraction of sp³-hybridized carbons (Fsp3) is 0.643. The first-order valence-corrected chi connectivity index (χ1v) is 7.06. The molecule has 0 fully saturated rings. The van der Waals surface area contributed by atoms with Crippen LogP contribution in [0.5, 0.6) is 0 Å². The first-order chi connectivity index (χ1) is 8.40. The molecule has 0 aliphatic carbocycles. The minimum atomic E-state index is -0.137. The zero-order valence-corrected chi connectivity index (χ0v) is 12.9. The van der Waals surface area contributed by atoms with Crippen LogP contribution in [-0.4, -0.2) is 32.1 Å². The van der Waals surface area contributed by atoms with Crippen LogP contribution >= 0.6 is 11.3 Å². The molecule has 2 unspecified atom stereocenters. The van der Waals surface area contributed by atoms with Crippen molar-refractivity contribution in [3.8, 4) is 0 Å². The highest BCUT2D eigenvalue weighted by atomic mass is 32.1. The number of hydrogen-bond acceptors (Lipinski definition) is 4. The van der Waals surface area contributed by atoms with Crippen molar-refractivity contribution in [3.63, 3.8) is 0 Å². The summed E-state index contributed by atoms with van der Waals surface area (Å²) in [5.41, 5.74) is 1.24. The molecule has 0 radical (unpaired) electrons. The van der Waals surface area contributed by atoms with Gasteiger partial charge in [0.15, 0.2) is 0 Å². The number of ether oxygens (including phenoxy) is 1. The molecule has 4 heteroatoms.